The van der Waals surface area contributed by atoms with Crippen molar-refractivity contribution in [3.63, 3.8) is 0 Å². The third-order valence-electron chi connectivity index (χ3n) is 4.62. The van der Waals surface area contributed by atoms with Gasteiger partial charge in [-0.25, -0.2) is 4.98 Å². The van der Waals surface area contributed by atoms with Crippen molar-refractivity contribution in [1.29, 1.82) is 5.26 Å². The average molecular weight is 341 g/mol. The summed E-state index contributed by atoms with van der Waals surface area (Å²) in [5.74, 6) is 0.317. The van der Waals surface area contributed by atoms with Gasteiger partial charge in [0, 0.05) is 33.9 Å². The van der Waals surface area contributed by atoms with E-state index in [1.165, 1.54) is 11.3 Å². The van der Waals surface area contributed by atoms with Gasteiger partial charge in [0.05, 0.1) is 25.0 Å². The fourth-order valence-corrected chi connectivity index (χ4v) is 4.58. The van der Waals surface area contributed by atoms with Crippen LogP contribution in [0.2, 0.25) is 0 Å². The summed E-state index contributed by atoms with van der Waals surface area (Å²) in [5.41, 5.74) is 9.36. The van der Waals surface area contributed by atoms with E-state index in [0.29, 0.717) is 24.6 Å². The third-order valence-corrected chi connectivity index (χ3v) is 5.82. The normalized spacial score (nSPS) is 20.4. The highest BCUT2D eigenvalue weighted by Crippen LogP contribution is 2.41. The number of aromatic nitrogens is 1. The monoisotopic (exact) mass is 341 g/mol. The number of hydrogen-bond donors (Lipinski definition) is 1. The molecule has 0 spiro atoms. The molecule has 2 N–H and O–H groups in total. The molecule has 24 heavy (non-hydrogen) atoms. The molecule has 2 aromatic heterocycles. The van der Waals surface area contributed by atoms with Crippen LogP contribution in [0.1, 0.15) is 47.1 Å². The highest BCUT2D eigenvalue weighted by Gasteiger charge is 2.25. The van der Waals surface area contributed by atoms with Gasteiger partial charge in [-0.2, -0.15) is 5.26 Å². The lowest BCUT2D eigenvalue weighted by molar-refractivity contribution is 0.0172. The van der Waals surface area contributed by atoms with Gasteiger partial charge in [0.25, 0.3) is 0 Å². The zero-order chi connectivity index (χ0) is 16.5. The van der Waals surface area contributed by atoms with Crippen LogP contribution in [0.25, 0.3) is 10.4 Å². The summed E-state index contributed by atoms with van der Waals surface area (Å²) in [6.45, 7) is 1.96. The first-order chi connectivity index (χ1) is 11.8. The smallest absolute Gasteiger partial charge is 0.142 e. The van der Waals surface area contributed by atoms with E-state index < -0.39 is 0 Å². The van der Waals surface area contributed by atoms with Crippen molar-refractivity contribution in [3.8, 4) is 16.5 Å². The molecule has 0 saturated carbocycles. The lowest BCUT2D eigenvalue weighted by Crippen LogP contribution is -2.15. The van der Waals surface area contributed by atoms with Crippen molar-refractivity contribution in [3.05, 3.63) is 33.8 Å². The first-order valence-electron chi connectivity index (χ1n) is 8.28. The largest absolute Gasteiger partial charge is 0.383 e. The van der Waals surface area contributed by atoms with Gasteiger partial charge in [-0.15, -0.1) is 11.3 Å². The second-order valence-corrected chi connectivity index (χ2v) is 7.26. The van der Waals surface area contributed by atoms with Gasteiger partial charge in [-0.3, -0.25) is 0 Å². The van der Waals surface area contributed by atoms with Crippen LogP contribution in [0, 0.1) is 11.3 Å². The Balaban J connectivity index is 1.80. The van der Waals surface area contributed by atoms with Gasteiger partial charge in [0.2, 0.25) is 0 Å². The first kappa shape index (κ1) is 15.6. The van der Waals surface area contributed by atoms with Gasteiger partial charge in [-0.05, 0) is 31.4 Å². The van der Waals surface area contributed by atoms with Gasteiger partial charge < -0.3 is 15.2 Å². The quantitative estimate of drug-likeness (QED) is 0.903. The maximum atomic E-state index is 9.59. The average Bonchev–Trinajstić information content (AvgIpc) is 3.11. The Hall–Kier alpha value is -1.94. The molecule has 0 unspecified atom stereocenters. The van der Waals surface area contributed by atoms with Crippen molar-refractivity contribution in [2.24, 2.45) is 0 Å². The summed E-state index contributed by atoms with van der Waals surface area (Å²) in [6.07, 6.45) is 4.31. The molecule has 1 atom stereocenters. The molecule has 1 saturated heterocycles. The highest BCUT2D eigenvalue weighted by atomic mass is 32.1. The van der Waals surface area contributed by atoms with E-state index in [2.05, 4.69) is 23.2 Å². The number of nitrogen functional groups attached to an aromatic ring is 1. The van der Waals surface area contributed by atoms with Crippen LogP contribution >= 0.6 is 11.3 Å². The maximum absolute atomic E-state index is 9.59. The Labute approximate surface area is 145 Å². The zero-order valence-electron chi connectivity index (χ0n) is 13.4. The van der Waals surface area contributed by atoms with Gasteiger partial charge in [0.1, 0.15) is 17.5 Å². The number of nitrogens with two attached hydrogens (primary N) is 1. The Bertz CT molecular complexity index is 803. The predicted octanol–water partition coefficient (Wildman–Crippen LogP) is 3.58. The van der Waals surface area contributed by atoms with Crippen molar-refractivity contribution in [2.45, 2.75) is 38.4 Å². The highest BCUT2D eigenvalue weighted by molar-refractivity contribution is 7.15. The molecule has 2 aliphatic heterocycles. The maximum Gasteiger partial charge on any atom is 0.142 e. The minimum atomic E-state index is 0.175. The second kappa shape index (κ2) is 6.52. The number of hydrogen-bond acceptors (Lipinski definition) is 6. The summed E-state index contributed by atoms with van der Waals surface area (Å²) in [4.78, 5) is 6.69. The first-order valence-corrected chi connectivity index (χ1v) is 9.10. The molecular weight excluding hydrogens is 322 g/mol. The van der Waals surface area contributed by atoms with Gasteiger partial charge in [0.15, 0.2) is 0 Å². The Kier molecular flexibility index (Phi) is 4.23. The SMILES string of the molecule is N#Cc1c(N)nc2c(c1-c1ccc([C@@H]3CCCCO3)s1)COCC2. The Morgan fingerprint density at radius 1 is 1.29 bits per heavy atom. The third kappa shape index (κ3) is 2.69. The molecule has 2 aromatic rings. The fraction of sp³-hybridized carbons (Fsp3) is 0.444. The molecule has 6 heteroatoms. The van der Waals surface area contributed by atoms with Crippen LogP contribution in [0.3, 0.4) is 0 Å². The van der Waals surface area contributed by atoms with Crippen molar-refractivity contribution in [2.75, 3.05) is 18.9 Å². The minimum absolute atomic E-state index is 0.175. The fourth-order valence-electron chi connectivity index (χ4n) is 3.41. The van der Waals surface area contributed by atoms with Crippen LogP contribution in [0.4, 0.5) is 5.82 Å². The van der Waals surface area contributed by atoms with Crippen molar-refractivity contribution < 1.29 is 9.47 Å². The summed E-state index contributed by atoms with van der Waals surface area (Å²) in [7, 11) is 0. The lowest BCUT2D eigenvalue weighted by Gasteiger charge is -2.22. The lowest BCUT2D eigenvalue weighted by atomic mass is 9.97. The molecule has 5 nitrogen and oxygen atoms in total. The number of nitrogens with zero attached hydrogens (tertiary/aromatic N) is 2. The van der Waals surface area contributed by atoms with Crippen LogP contribution in [0.15, 0.2) is 12.1 Å². The van der Waals surface area contributed by atoms with Gasteiger partial charge >= 0.3 is 0 Å². The molecule has 1 fully saturated rings. The predicted molar refractivity (Wildman–Crippen MR) is 92.6 cm³/mol. The summed E-state index contributed by atoms with van der Waals surface area (Å²) < 4.78 is 11.5. The molecule has 4 heterocycles. The number of thiophene rings is 1. The Morgan fingerprint density at radius 2 is 2.21 bits per heavy atom. The summed E-state index contributed by atoms with van der Waals surface area (Å²) in [6, 6.07) is 6.42. The molecule has 0 radical (unpaired) electrons. The van der Waals surface area contributed by atoms with Crippen molar-refractivity contribution >= 4 is 17.2 Å². The van der Waals surface area contributed by atoms with E-state index in [9.17, 15) is 5.26 Å². The zero-order valence-corrected chi connectivity index (χ0v) is 14.2. The number of fused-ring (bicyclic) bond motifs is 1. The molecule has 0 bridgehead atoms. The molecule has 0 aliphatic carbocycles. The molecule has 2 aliphatic rings. The molecule has 0 aromatic carbocycles. The standard InChI is InChI=1S/C18H19N3O2S/c19-9-11-17(12-10-22-8-6-13(12)21-18(11)20)16-5-4-15(24-16)14-3-1-2-7-23-14/h4-5,14H,1-3,6-8,10H2,(H2,20,21)/t14-/m0/s1. The minimum Gasteiger partial charge on any atom is -0.383 e. The number of nitriles is 1. The van der Waals surface area contributed by atoms with E-state index in [0.717, 1.165) is 47.6 Å². The molecule has 124 valence electrons. The van der Waals surface area contributed by atoms with E-state index in [1.807, 2.05) is 0 Å². The number of pyridine rings is 1. The molecule has 4 rings (SSSR count). The van der Waals surface area contributed by atoms with Crippen LogP contribution in [0.5, 0.6) is 0 Å². The second-order valence-electron chi connectivity index (χ2n) is 6.14. The van der Waals surface area contributed by atoms with E-state index in [1.54, 1.807) is 11.3 Å². The summed E-state index contributed by atoms with van der Waals surface area (Å²) in [5, 5.41) is 9.59. The van der Waals surface area contributed by atoms with E-state index in [-0.39, 0.29) is 6.10 Å². The van der Waals surface area contributed by atoms with E-state index >= 15 is 0 Å². The van der Waals surface area contributed by atoms with Gasteiger partial charge in [-0.1, -0.05) is 0 Å². The molecular formula is C18H19N3O2S. The van der Waals surface area contributed by atoms with Crippen molar-refractivity contribution in [1.82, 2.24) is 4.98 Å². The van der Waals surface area contributed by atoms with Crippen LogP contribution in [-0.4, -0.2) is 18.2 Å². The van der Waals surface area contributed by atoms with Crippen LogP contribution < -0.4 is 5.73 Å². The topological polar surface area (TPSA) is 81.2 Å². The Morgan fingerprint density at radius 3 is 3.00 bits per heavy atom. The van der Waals surface area contributed by atoms with Crippen LogP contribution in [-0.2, 0) is 22.5 Å². The summed E-state index contributed by atoms with van der Waals surface area (Å²) >= 11 is 1.69. The number of anilines is 1. The number of ether oxygens (including phenoxy) is 2. The van der Waals surface area contributed by atoms with E-state index in [4.69, 9.17) is 15.2 Å². The number of rotatable bonds is 2. The molecule has 0 amide bonds.